The van der Waals surface area contributed by atoms with Crippen LogP contribution in [0.15, 0.2) is 64.6 Å². The van der Waals surface area contributed by atoms with Crippen LogP contribution in [-0.2, 0) is 9.59 Å². The van der Waals surface area contributed by atoms with E-state index in [1.165, 1.54) is 18.2 Å². The number of hydrogen-bond acceptors (Lipinski definition) is 6. The molecule has 3 aromatic rings. The molecule has 5 rings (SSSR count). The molecule has 2 N–H and O–H groups in total. The number of rotatable bonds is 5. The van der Waals surface area contributed by atoms with Crippen LogP contribution in [0.25, 0.3) is 17.0 Å². The van der Waals surface area contributed by atoms with Crippen LogP contribution in [0.1, 0.15) is 24.8 Å². The van der Waals surface area contributed by atoms with Crippen LogP contribution >= 0.6 is 23.4 Å². The summed E-state index contributed by atoms with van der Waals surface area (Å²) < 4.78 is 0. The lowest BCUT2D eigenvalue weighted by atomic mass is 10.1. The fourth-order valence-electron chi connectivity index (χ4n) is 4.12. The fourth-order valence-corrected chi connectivity index (χ4v) is 5.12. The lowest BCUT2D eigenvalue weighted by Gasteiger charge is -2.25. The van der Waals surface area contributed by atoms with Crippen molar-refractivity contribution in [1.29, 1.82) is 0 Å². The van der Waals surface area contributed by atoms with Gasteiger partial charge in [-0.05, 0) is 85.7 Å². The van der Waals surface area contributed by atoms with Gasteiger partial charge in [0, 0.05) is 17.3 Å². The molecule has 2 aliphatic heterocycles. The van der Waals surface area contributed by atoms with Crippen molar-refractivity contribution in [2.75, 3.05) is 25.0 Å². The number of aromatic nitrogens is 1. The first-order chi connectivity index (χ1) is 17.0. The van der Waals surface area contributed by atoms with Gasteiger partial charge in [-0.1, -0.05) is 30.2 Å². The van der Waals surface area contributed by atoms with Gasteiger partial charge in [-0.25, -0.2) is 4.99 Å². The molecule has 2 saturated heterocycles. The smallest absolute Gasteiger partial charge is 0.264 e. The van der Waals surface area contributed by atoms with Crippen LogP contribution < -0.4 is 10.6 Å². The van der Waals surface area contributed by atoms with Crippen LogP contribution in [-0.4, -0.2) is 46.5 Å². The highest BCUT2D eigenvalue weighted by Crippen LogP contribution is 2.33. The van der Waals surface area contributed by atoms with Gasteiger partial charge in [0.2, 0.25) is 5.91 Å². The highest BCUT2D eigenvalue weighted by atomic mass is 35.5. The molecule has 0 unspecified atom stereocenters. The number of nitrogens with one attached hydrogen (secondary N) is 2. The number of fused-ring (bicyclic) bond motifs is 1. The molecule has 2 amide bonds. The molecular weight excluding hydrogens is 482 g/mol. The number of likely N-dealkylation sites (tertiary alicyclic amines) is 1. The van der Waals surface area contributed by atoms with Crippen molar-refractivity contribution in [3.63, 3.8) is 0 Å². The van der Waals surface area contributed by atoms with Gasteiger partial charge < -0.3 is 10.6 Å². The number of hydrogen-bond donors (Lipinski definition) is 2. The zero-order valence-electron chi connectivity index (χ0n) is 19.0. The monoisotopic (exact) mass is 505 g/mol. The summed E-state index contributed by atoms with van der Waals surface area (Å²) >= 11 is 7.60. The molecule has 1 aromatic heterocycles. The van der Waals surface area contributed by atoms with Crippen molar-refractivity contribution >= 4 is 68.7 Å². The molecule has 2 aromatic carbocycles. The summed E-state index contributed by atoms with van der Waals surface area (Å²) in [6.07, 6.45) is 7.07. The number of piperidine rings is 1. The first-order valence-corrected chi connectivity index (χ1v) is 12.7. The molecule has 7 nitrogen and oxygen atoms in total. The number of carbonyl (C=O) groups is 2. The van der Waals surface area contributed by atoms with E-state index in [2.05, 4.69) is 25.5 Å². The minimum atomic E-state index is -0.220. The van der Waals surface area contributed by atoms with Crippen molar-refractivity contribution in [2.45, 2.75) is 19.3 Å². The maximum atomic E-state index is 12.5. The Hall–Kier alpha value is -3.20. The molecule has 0 saturated carbocycles. The molecule has 0 aliphatic carbocycles. The number of thioether (sulfide) groups is 1. The van der Waals surface area contributed by atoms with Gasteiger partial charge in [-0.2, -0.15) is 0 Å². The first-order valence-electron chi connectivity index (χ1n) is 11.5. The predicted octanol–water partition coefficient (Wildman–Crippen LogP) is 5.20. The summed E-state index contributed by atoms with van der Waals surface area (Å²) in [5, 5.41) is 7.59. The number of amidine groups is 1. The number of carbonyl (C=O) groups excluding carboxylic acids is 2. The van der Waals surface area contributed by atoms with Crippen molar-refractivity contribution in [3.8, 4) is 0 Å². The highest BCUT2D eigenvalue weighted by molar-refractivity contribution is 8.18. The standard InChI is InChI=1S/C26H24ClN5O2S/c27-20-8-7-19(29-24(33)16-32-11-2-1-3-12-32)15-22(20)30-26-31-25(34)23(35-26)14-17-6-9-21-18(13-17)5-4-10-28-21/h4-10,13-15H,1-3,11-12,16H2,(H,29,33)(H,30,31,34)/b23-14-. The van der Waals surface area contributed by atoms with Crippen molar-refractivity contribution < 1.29 is 9.59 Å². The van der Waals surface area contributed by atoms with E-state index in [4.69, 9.17) is 11.6 Å². The van der Waals surface area contributed by atoms with E-state index >= 15 is 0 Å². The van der Waals surface area contributed by atoms with E-state index in [0.717, 1.165) is 42.4 Å². The third-order valence-corrected chi connectivity index (χ3v) is 7.07. The lowest BCUT2D eigenvalue weighted by Crippen LogP contribution is -2.36. The quantitative estimate of drug-likeness (QED) is 0.465. The number of nitrogens with zero attached hydrogens (tertiary/aromatic N) is 3. The average molecular weight is 506 g/mol. The van der Waals surface area contributed by atoms with Crippen LogP contribution in [0, 0.1) is 0 Å². The van der Waals surface area contributed by atoms with Gasteiger partial charge in [0.05, 0.1) is 27.7 Å². The molecule has 35 heavy (non-hydrogen) atoms. The summed E-state index contributed by atoms with van der Waals surface area (Å²) in [6, 6.07) is 14.9. The van der Waals surface area contributed by atoms with Gasteiger partial charge in [0.1, 0.15) is 0 Å². The Labute approximate surface area is 212 Å². The first kappa shape index (κ1) is 23.5. The Kier molecular flexibility index (Phi) is 7.13. The number of benzene rings is 2. The second-order valence-electron chi connectivity index (χ2n) is 8.49. The van der Waals surface area contributed by atoms with Gasteiger partial charge in [-0.3, -0.25) is 19.5 Å². The number of halogens is 1. The Balaban J connectivity index is 1.29. The van der Waals surface area contributed by atoms with Crippen molar-refractivity contribution in [2.24, 2.45) is 4.99 Å². The Morgan fingerprint density at radius 3 is 2.89 bits per heavy atom. The molecule has 2 fully saturated rings. The van der Waals surface area contributed by atoms with E-state index < -0.39 is 0 Å². The summed E-state index contributed by atoms with van der Waals surface area (Å²) in [5.74, 6) is -0.283. The van der Waals surface area contributed by atoms with E-state index in [0.29, 0.717) is 33.0 Å². The van der Waals surface area contributed by atoms with E-state index in [-0.39, 0.29) is 11.8 Å². The molecule has 2 aliphatic rings. The maximum Gasteiger partial charge on any atom is 0.264 e. The van der Waals surface area contributed by atoms with E-state index in [1.807, 2.05) is 36.4 Å². The third kappa shape index (κ3) is 5.90. The normalized spacial score (nSPS) is 18.8. The molecule has 178 valence electrons. The summed E-state index contributed by atoms with van der Waals surface area (Å²) in [7, 11) is 0. The second kappa shape index (κ2) is 10.6. The van der Waals surface area contributed by atoms with Gasteiger partial charge in [-0.15, -0.1) is 0 Å². The van der Waals surface area contributed by atoms with Gasteiger partial charge in [0.25, 0.3) is 5.91 Å². The van der Waals surface area contributed by atoms with Crippen molar-refractivity contribution in [1.82, 2.24) is 15.2 Å². The topological polar surface area (TPSA) is 86.7 Å². The fraction of sp³-hybridized carbons (Fsp3) is 0.231. The molecule has 0 radical (unpaired) electrons. The van der Waals surface area contributed by atoms with E-state index in [9.17, 15) is 9.59 Å². The zero-order valence-corrected chi connectivity index (χ0v) is 20.5. The number of pyridine rings is 1. The summed E-state index contributed by atoms with van der Waals surface area (Å²) in [4.78, 5) is 36.6. The Bertz CT molecular complexity index is 1350. The molecule has 0 spiro atoms. The van der Waals surface area contributed by atoms with Gasteiger partial charge in [0.15, 0.2) is 5.17 Å². The largest absolute Gasteiger partial charge is 0.325 e. The third-order valence-electron chi connectivity index (χ3n) is 5.84. The minimum Gasteiger partial charge on any atom is -0.325 e. The molecule has 3 heterocycles. The van der Waals surface area contributed by atoms with Crippen LogP contribution in [0.3, 0.4) is 0 Å². The highest BCUT2D eigenvalue weighted by Gasteiger charge is 2.24. The SMILES string of the molecule is O=C(CN1CCCCC1)Nc1ccc(Cl)c(N=C2NC(=O)/C(=C/c3ccc4ncccc4c3)S2)c1. The second-order valence-corrected chi connectivity index (χ2v) is 9.93. The minimum absolute atomic E-state index is 0.0628. The molecule has 0 bridgehead atoms. The Morgan fingerprint density at radius 2 is 2.03 bits per heavy atom. The molecule has 9 heteroatoms. The maximum absolute atomic E-state index is 12.5. The van der Waals surface area contributed by atoms with Crippen LogP contribution in [0.5, 0.6) is 0 Å². The van der Waals surface area contributed by atoms with Crippen LogP contribution in [0.2, 0.25) is 5.02 Å². The molecular formula is C26H24ClN5O2S. The zero-order chi connectivity index (χ0) is 24.2. The van der Waals surface area contributed by atoms with Crippen molar-refractivity contribution in [3.05, 3.63) is 70.2 Å². The van der Waals surface area contributed by atoms with E-state index in [1.54, 1.807) is 24.4 Å². The summed E-state index contributed by atoms with van der Waals surface area (Å²) in [5.41, 5.74) is 2.90. The summed E-state index contributed by atoms with van der Waals surface area (Å²) in [6.45, 7) is 2.28. The number of anilines is 1. The average Bonchev–Trinajstić information content (AvgIpc) is 3.20. The molecule has 0 atom stereocenters. The Morgan fingerprint density at radius 1 is 1.17 bits per heavy atom. The number of aliphatic imine (C=N–C) groups is 1. The predicted molar refractivity (Wildman–Crippen MR) is 143 cm³/mol. The van der Waals surface area contributed by atoms with Crippen LogP contribution in [0.4, 0.5) is 11.4 Å². The number of amides is 2. The lowest BCUT2D eigenvalue weighted by molar-refractivity contribution is -0.117. The van der Waals surface area contributed by atoms with Gasteiger partial charge >= 0.3 is 0 Å².